The Labute approximate surface area is 126 Å². The molecule has 0 N–H and O–H groups in total. The maximum absolute atomic E-state index is 12.6. The molecule has 0 fully saturated rings. The predicted molar refractivity (Wildman–Crippen MR) is 83.3 cm³/mol. The van der Waals surface area contributed by atoms with Crippen LogP contribution in [0, 0.1) is 0 Å². The smallest absolute Gasteiger partial charge is 0.290 e. The average Bonchev–Trinajstić information content (AvgIpc) is 2.72. The lowest BCUT2D eigenvalue weighted by atomic mass is 10.3. The van der Waals surface area contributed by atoms with E-state index in [0.29, 0.717) is 17.4 Å². The van der Waals surface area contributed by atoms with Crippen molar-refractivity contribution in [3.05, 3.63) is 64.0 Å². The van der Waals surface area contributed by atoms with E-state index in [4.69, 9.17) is 23.2 Å². The Morgan fingerprint density at radius 3 is 2.45 bits per heavy atom. The standard InChI is InChI=1S/C15H12Cl2N2O/c16-8-9-18-13-7-6-11(17)10-14(13)19(15(18)20)12-4-2-1-3-5-12/h1-7,10H,8-9H2. The van der Waals surface area contributed by atoms with E-state index in [1.807, 2.05) is 36.4 Å². The second kappa shape index (κ2) is 5.35. The third-order valence-electron chi connectivity index (χ3n) is 3.21. The SMILES string of the molecule is O=c1n(CCCl)c2ccc(Cl)cc2n1-c1ccccc1. The van der Waals surface area contributed by atoms with E-state index in [2.05, 4.69) is 0 Å². The average molecular weight is 307 g/mol. The van der Waals surface area contributed by atoms with Gasteiger partial charge in [0.1, 0.15) is 0 Å². The van der Waals surface area contributed by atoms with Crippen molar-refractivity contribution in [1.82, 2.24) is 9.13 Å². The number of hydrogen-bond acceptors (Lipinski definition) is 1. The zero-order valence-electron chi connectivity index (χ0n) is 10.6. The summed E-state index contributed by atoms with van der Waals surface area (Å²) in [4.78, 5) is 12.6. The molecule has 0 unspecified atom stereocenters. The number of hydrogen-bond donors (Lipinski definition) is 0. The normalized spacial score (nSPS) is 11.1. The van der Waals surface area contributed by atoms with Gasteiger partial charge in [-0.05, 0) is 30.3 Å². The zero-order chi connectivity index (χ0) is 14.1. The number of imidazole rings is 1. The molecule has 0 atom stereocenters. The monoisotopic (exact) mass is 306 g/mol. The van der Waals surface area contributed by atoms with E-state index in [0.717, 1.165) is 16.7 Å². The van der Waals surface area contributed by atoms with Crippen LogP contribution in [0.1, 0.15) is 0 Å². The zero-order valence-corrected chi connectivity index (χ0v) is 12.1. The summed E-state index contributed by atoms with van der Waals surface area (Å²) in [5.74, 6) is 0.385. The van der Waals surface area contributed by atoms with Gasteiger partial charge < -0.3 is 0 Å². The van der Waals surface area contributed by atoms with Crippen LogP contribution in [0.5, 0.6) is 0 Å². The topological polar surface area (TPSA) is 26.9 Å². The Hall–Kier alpha value is -1.71. The summed E-state index contributed by atoms with van der Waals surface area (Å²) in [6, 6.07) is 14.9. The van der Waals surface area contributed by atoms with Gasteiger partial charge in [0.2, 0.25) is 0 Å². The van der Waals surface area contributed by atoms with Crippen LogP contribution in [-0.4, -0.2) is 15.0 Å². The van der Waals surface area contributed by atoms with Crippen LogP contribution in [-0.2, 0) is 6.54 Å². The maximum Gasteiger partial charge on any atom is 0.333 e. The molecule has 3 nitrogen and oxygen atoms in total. The minimum absolute atomic E-state index is 0.103. The molecule has 3 aromatic rings. The molecule has 0 aliphatic heterocycles. The van der Waals surface area contributed by atoms with Crippen LogP contribution in [0.3, 0.4) is 0 Å². The molecule has 2 aromatic carbocycles. The number of fused-ring (bicyclic) bond motifs is 1. The van der Waals surface area contributed by atoms with Gasteiger partial charge in [-0.3, -0.25) is 9.13 Å². The highest BCUT2D eigenvalue weighted by molar-refractivity contribution is 6.31. The van der Waals surface area contributed by atoms with E-state index in [1.54, 1.807) is 21.3 Å². The van der Waals surface area contributed by atoms with Gasteiger partial charge in [0.15, 0.2) is 0 Å². The summed E-state index contributed by atoms with van der Waals surface area (Å²) >= 11 is 11.9. The molecule has 0 saturated heterocycles. The lowest BCUT2D eigenvalue weighted by Crippen LogP contribution is -2.23. The van der Waals surface area contributed by atoms with E-state index < -0.39 is 0 Å². The molecule has 0 aliphatic carbocycles. The third-order valence-corrected chi connectivity index (χ3v) is 3.62. The van der Waals surface area contributed by atoms with E-state index >= 15 is 0 Å². The van der Waals surface area contributed by atoms with Crippen LogP contribution in [0.15, 0.2) is 53.3 Å². The number of rotatable bonds is 3. The van der Waals surface area contributed by atoms with Crippen LogP contribution in [0.25, 0.3) is 16.7 Å². The van der Waals surface area contributed by atoms with Gasteiger partial charge in [-0.15, -0.1) is 11.6 Å². The fourth-order valence-corrected chi connectivity index (χ4v) is 2.69. The van der Waals surface area contributed by atoms with Gasteiger partial charge in [-0.1, -0.05) is 29.8 Å². The summed E-state index contributed by atoms with van der Waals surface area (Å²) in [5, 5.41) is 0.602. The molecule has 0 saturated carbocycles. The Kier molecular flexibility index (Phi) is 3.55. The summed E-state index contributed by atoms with van der Waals surface area (Å²) in [6.07, 6.45) is 0. The third kappa shape index (κ3) is 2.13. The van der Waals surface area contributed by atoms with Crippen molar-refractivity contribution in [2.75, 3.05) is 5.88 Å². The predicted octanol–water partition coefficient (Wildman–Crippen LogP) is 3.68. The molecule has 0 aliphatic rings. The number of para-hydroxylation sites is 1. The van der Waals surface area contributed by atoms with Gasteiger partial charge in [-0.2, -0.15) is 0 Å². The highest BCUT2D eigenvalue weighted by Crippen LogP contribution is 2.21. The molecule has 0 amide bonds. The lowest BCUT2D eigenvalue weighted by Gasteiger charge is -2.02. The van der Waals surface area contributed by atoms with Crippen LogP contribution in [0.4, 0.5) is 0 Å². The number of halogens is 2. The largest absolute Gasteiger partial charge is 0.333 e. The van der Waals surface area contributed by atoms with E-state index in [9.17, 15) is 4.79 Å². The highest BCUT2D eigenvalue weighted by Gasteiger charge is 2.14. The summed E-state index contributed by atoms with van der Waals surface area (Å²) in [7, 11) is 0. The van der Waals surface area contributed by atoms with Gasteiger partial charge >= 0.3 is 5.69 Å². The Balaban J connectivity index is 2.39. The molecule has 102 valence electrons. The first kappa shape index (κ1) is 13.3. The fraction of sp³-hybridized carbons (Fsp3) is 0.133. The number of alkyl halides is 1. The molecule has 1 heterocycles. The highest BCUT2D eigenvalue weighted by atomic mass is 35.5. The van der Waals surface area contributed by atoms with Crippen molar-refractivity contribution >= 4 is 34.2 Å². The Morgan fingerprint density at radius 2 is 1.75 bits per heavy atom. The molecular formula is C15H12Cl2N2O. The molecule has 5 heteroatoms. The van der Waals surface area contributed by atoms with Gasteiger partial charge in [0, 0.05) is 17.4 Å². The molecule has 0 radical (unpaired) electrons. The van der Waals surface area contributed by atoms with E-state index in [1.165, 1.54) is 0 Å². The second-order valence-corrected chi connectivity index (χ2v) is 5.24. The molecular weight excluding hydrogens is 295 g/mol. The van der Waals surface area contributed by atoms with E-state index in [-0.39, 0.29) is 5.69 Å². The van der Waals surface area contributed by atoms with Crippen LogP contribution >= 0.6 is 23.2 Å². The van der Waals surface area contributed by atoms with Crippen LogP contribution < -0.4 is 5.69 Å². The minimum atomic E-state index is -0.103. The summed E-state index contributed by atoms with van der Waals surface area (Å²) < 4.78 is 3.33. The molecule has 0 spiro atoms. The van der Waals surface area contributed by atoms with Crippen LogP contribution in [0.2, 0.25) is 5.02 Å². The first-order valence-electron chi connectivity index (χ1n) is 6.24. The molecule has 1 aromatic heterocycles. The number of aryl methyl sites for hydroxylation is 1. The second-order valence-electron chi connectivity index (χ2n) is 4.43. The van der Waals surface area contributed by atoms with Gasteiger partial charge in [0.05, 0.1) is 16.7 Å². The first-order chi connectivity index (χ1) is 9.72. The van der Waals surface area contributed by atoms with Crippen molar-refractivity contribution in [1.29, 1.82) is 0 Å². The molecule has 0 bridgehead atoms. The van der Waals surface area contributed by atoms with Crippen molar-refractivity contribution in [3.8, 4) is 5.69 Å². The number of aromatic nitrogens is 2. The minimum Gasteiger partial charge on any atom is -0.290 e. The summed E-state index contributed by atoms with van der Waals surface area (Å²) in [5.41, 5.74) is 2.34. The molecule has 20 heavy (non-hydrogen) atoms. The Morgan fingerprint density at radius 1 is 1.00 bits per heavy atom. The number of benzene rings is 2. The van der Waals surface area contributed by atoms with Crippen molar-refractivity contribution in [2.45, 2.75) is 6.54 Å². The van der Waals surface area contributed by atoms with Gasteiger partial charge in [-0.25, -0.2) is 4.79 Å². The quantitative estimate of drug-likeness (QED) is 0.678. The first-order valence-corrected chi connectivity index (χ1v) is 7.16. The van der Waals surface area contributed by atoms with Crippen molar-refractivity contribution in [2.24, 2.45) is 0 Å². The summed E-state index contributed by atoms with van der Waals surface area (Å²) in [6.45, 7) is 0.471. The Bertz CT molecular complexity index is 806. The van der Waals surface area contributed by atoms with Crippen molar-refractivity contribution < 1.29 is 0 Å². The van der Waals surface area contributed by atoms with Gasteiger partial charge in [0.25, 0.3) is 0 Å². The maximum atomic E-state index is 12.6. The lowest BCUT2D eigenvalue weighted by molar-refractivity contribution is 0.739. The fourth-order valence-electron chi connectivity index (χ4n) is 2.36. The van der Waals surface area contributed by atoms with Crippen molar-refractivity contribution in [3.63, 3.8) is 0 Å². The number of nitrogens with zero attached hydrogens (tertiary/aromatic N) is 2. The molecule has 3 rings (SSSR count).